The van der Waals surface area contributed by atoms with E-state index in [4.69, 9.17) is 16.9 Å². The molecular formula is C24H20ClF2N5O4S3. The number of alkyl halides is 2. The lowest BCUT2D eigenvalue weighted by Crippen LogP contribution is -2.43. The molecule has 9 nitrogen and oxygen atoms in total. The fourth-order valence-corrected chi connectivity index (χ4v) is 6.49. The van der Waals surface area contributed by atoms with Gasteiger partial charge in [-0.2, -0.15) is 5.26 Å². The molecule has 2 aromatic carbocycles. The normalized spacial score (nSPS) is 16.5. The second kappa shape index (κ2) is 11.9. The number of carbonyl (C=O) groups is 2. The molecular weight excluding hydrogens is 592 g/mol. The number of benzene rings is 2. The Balaban J connectivity index is 1.26. The molecule has 1 aliphatic rings. The standard InChI is InChI=1S/C24H20ClF2N5O4S3/c25-15-1-7-19(8-2-15)39(35,36)31-16-3-5-18(6-4-16)37-13-21-30-20(12-38-21)23(34)29-11-22(33)32-14-24(26,27)9-17(32)10-28/h1-8,12,17,31H,9,11,13-14H2,(H,29,34)/t17-/m0/s1. The van der Waals surface area contributed by atoms with E-state index in [1.54, 1.807) is 30.3 Å². The number of aromatic nitrogens is 1. The third-order valence-corrected chi connectivity index (χ3v) is 9.22. The van der Waals surface area contributed by atoms with Crippen LogP contribution in [0.2, 0.25) is 5.02 Å². The van der Waals surface area contributed by atoms with Gasteiger partial charge in [0.1, 0.15) is 16.7 Å². The molecule has 0 bridgehead atoms. The number of thiazole rings is 1. The number of hydrogen-bond acceptors (Lipinski definition) is 8. The van der Waals surface area contributed by atoms with Gasteiger partial charge in [0, 0.05) is 27.4 Å². The van der Waals surface area contributed by atoms with Crippen molar-refractivity contribution in [1.29, 1.82) is 5.26 Å². The van der Waals surface area contributed by atoms with Crippen LogP contribution < -0.4 is 10.0 Å². The molecule has 0 saturated carbocycles. The quantitative estimate of drug-likeness (QED) is 0.343. The van der Waals surface area contributed by atoms with Gasteiger partial charge in [0.15, 0.2) is 0 Å². The van der Waals surface area contributed by atoms with Crippen LogP contribution in [0.1, 0.15) is 21.9 Å². The summed E-state index contributed by atoms with van der Waals surface area (Å²) in [5.41, 5.74) is 0.467. The summed E-state index contributed by atoms with van der Waals surface area (Å²) < 4.78 is 54.6. The number of amides is 2. The van der Waals surface area contributed by atoms with Gasteiger partial charge >= 0.3 is 0 Å². The molecule has 39 heavy (non-hydrogen) atoms. The molecule has 15 heteroatoms. The number of nitriles is 1. The maximum Gasteiger partial charge on any atom is 0.271 e. The molecule has 1 aromatic heterocycles. The van der Waals surface area contributed by atoms with Gasteiger partial charge in [0.05, 0.1) is 29.8 Å². The van der Waals surface area contributed by atoms with Gasteiger partial charge in [-0.1, -0.05) is 11.6 Å². The maximum atomic E-state index is 13.5. The number of carbonyl (C=O) groups excluding carboxylic acids is 2. The van der Waals surface area contributed by atoms with E-state index in [1.807, 2.05) is 0 Å². The third kappa shape index (κ3) is 7.45. The zero-order chi connectivity index (χ0) is 28.2. The van der Waals surface area contributed by atoms with Crippen molar-refractivity contribution in [3.8, 4) is 6.07 Å². The van der Waals surface area contributed by atoms with Gasteiger partial charge in [-0.05, 0) is 48.5 Å². The van der Waals surface area contributed by atoms with Crippen LogP contribution in [0.4, 0.5) is 14.5 Å². The lowest BCUT2D eigenvalue weighted by molar-refractivity contribution is -0.131. The first-order valence-electron chi connectivity index (χ1n) is 11.3. The molecule has 204 valence electrons. The highest BCUT2D eigenvalue weighted by molar-refractivity contribution is 7.98. The molecule has 1 saturated heterocycles. The number of thioether (sulfide) groups is 1. The Bertz CT molecular complexity index is 1510. The van der Waals surface area contributed by atoms with E-state index >= 15 is 0 Å². The number of anilines is 1. The lowest BCUT2D eigenvalue weighted by Gasteiger charge is -2.19. The van der Waals surface area contributed by atoms with E-state index < -0.39 is 53.3 Å². The fourth-order valence-electron chi connectivity index (χ4n) is 3.62. The van der Waals surface area contributed by atoms with Crippen molar-refractivity contribution in [3.05, 3.63) is 69.6 Å². The molecule has 2 N–H and O–H groups in total. The van der Waals surface area contributed by atoms with Crippen LogP contribution in [0.3, 0.4) is 0 Å². The van der Waals surface area contributed by atoms with Crippen molar-refractivity contribution in [2.24, 2.45) is 0 Å². The predicted octanol–water partition coefficient (Wildman–Crippen LogP) is 4.38. The Morgan fingerprint density at radius 1 is 1.21 bits per heavy atom. The average Bonchev–Trinajstić information content (AvgIpc) is 3.50. The molecule has 4 rings (SSSR count). The summed E-state index contributed by atoms with van der Waals surface area (Å²) >= 11 is 8.47. The van der Waals surface area contributed by atoms with Crippen LogP contribution >= 0.6 is 34.7 Å². The molecule has 2 heterocycles. The van der Waals surface area contributed by atoms with Gasteiger partial charge in [-0.25, -0.2) is 22.2 Å². The molecule has 1 aliphatic heterocycles. The van der Waals surface area contributed by atoms with Gasteiger partial charge in [0.25, 0.3) is 21.9 Å². The molecule has 1 atom stereocenters. The first-order chi connectivity index (χ1) is 18.5. The van der Waals surface area contributed by atoms with Crippen LogP contribution in [-0.2, 0) is 20.6 Å². The zero-order valence-corrected chi connectivity index (χ0v) is 23.1. The van der Waals surface area contributed by atoms with Gasteiger partial charge in [-0.15, -0.1) is 23.1 Å². The van der Waals surface area contributed by atoms with Crippen LogP contribution in [0.25, 0.3) is 0 Å². The van der Waals surface area contributed by atoms with Crippen LogP contribution in [0.15, 0.2) is 63.7 Å². The average molecular weight is 612 g/mol. The van der Waals surface area contributed by atoms with E-state index in [2.05, 4.69) is 15.0 Å². The van der Waals surface area contributed by atoms with Crippen LogP contribution in [-0.4, -0.2) is 55.2 Å². The van der Waals surface area contributed by atoms with Crippen molar-refractivity contribution in [2.75, 3.05) is 17.8 Å². The minimum absolute atomic E-state index is 0.0824. The maximum absolute atomic E-state index is 13.5. The Morgan fingerprint density at radius 2 is 1.90 bits per heavy atom. The highest BCUT2D eigenvalue weighted by atomic mass is 35.5. The molecule has 0 radical (unpaired) electrons. The summed E-state index contributed by atoms with van der Waals surface area (Å²) in [5.74, 6) is -4.10. The topological polar surface area (TPSA) is 132 Å². The summed E-state index contributed by atoms with van der Waals surface area (Å²) in [6, 6.07) is 13.0. The van der Waals surface area contributed by atoms with E-state index in [0.29, 0.717) is 21.5 Å². The SMILES string of the molecule is N#C[C@@H]1CC(F)(F)CN1C(=O)CNC(=O)c1csc(CSc2ccc(NS(=O)(=O)c3ccc(Cl)cc3)cc2)n1. The highest BCUT2D eigenvalue weighted by Crippen LogP contribution is 2.31. The molecule has 0 aliphatic carbocycles. The number of rotatable bonds is 9. The zero-order valence-electron chi connectivity index (χ0n) is 19.9. The summed E-state index contributed by atoms with van der Waals surface area (Å²) in [6.45, 7) is -1.38. The highest BCUT2D eigenvalue weighted by Gasteiger charge is 2.47. The third-order valence-electron chi connectivity index (χ3n) is 5.52. The molecule has 2 amide bonds. The van der Waals surface area contributed by atoms with Crippen LogP contribution in [0, 0.1) is 11.3 Å². The Labute approximate surface area is 236 Å². The second-order valence-electron chi connectivity index (χ2n) is 8.41. The fraction of sp³-hybridized carbons (Fsp3) is 0.250. The largest absolute Gasteiger partial charge is 0.342 e. The van der Waals surface area contributed by atoms with Crippen molar-refractivity contribution in [3.63, 3.8) is 0 Å². The number of halogens is 3. The van der Waals surface area contributed by atoms with Crippen molar-refractivity contribution in [1.82, 2.24) is 15.2 Å². The summed E-state index contributed by atoms with van der Waals surface area (Å²) in [7, 11) is -3.76. The number of likely N-dealkylation sites (tertiary alicyclic amines) is 1. The molecule has 0 unspecified atom stereocenters. The lowest BCUT2D eigenvalue weighted by atomic mass is 10.2. The second-order valence-corrected chi connectivity index (χ2v) is 12.5. The van der Waals surface area contributed by atoms with Gasteiger partial charge < -0.3 is 10.2 Å². The summed E-state index contributed by atoms with van der Waals surface area (Å²) in [6.07, 6.45) is -0.724. The molecule has 0 spiro atoms. The first-order valence-corrected chi connectivity index (χ1v) is 15.0. The number of sulfonamides is 1. The van der Waals surface area contributed by atoms with E-state index in [1.165, 1.54) is 52.7 Å². The Kier molecular flexibility index (Phi) is 8.75. The van der Waals surface area contributed by atoms with Crippen LogP contribution in [0.5, 0.6) is 0 Å². The first kappa shape index (κ1) is 28.8. The summed E-state index contributed by atoms with van der Waals surface area (Å²) in [4.78, 5) is 30.6. The molecule has 3 aromatic rings. The van der Waals surface area contributed by atoms with Crippen molar-refractivity contribution < 1.29 is 26.8 Å². The number of nitrogens with one attached hydrogen (secondary N) is 2. The van der Waals surface area contributed by atoms with Gasteiger partial charge in [-0.3, -0.25) is 14.3 Å². The Morgan fingerprint density at radius 3 is 2.56 bits per heavy atom. The number of nitrogens with zero attached hydrogens (tertiary/aromatic N) is 3. The Hall–Kier alpha value is -3.25. The molecule has 1 fully saturated rings. The number of hydrogen-bond donors (Lipinski definition) is 2. The van der Waals surface area contributed by atoms with E-state index in [0.717, 1.165) is 9.80 Å². The smallest absolute Gasteiger partial charge is 0.271 e. The van der Waals surface area contributed by atoms with E-state index in [9.17, 15) is 26.8 Å². The monoisotopic (exact) mass is 611 g/mol. The van der Waals surface area contributed by atoms with Gasteiger partial charge in [0.2, 0.25) is 5.91 Å². The minimum Gasteiger partial charge on any atom is -0.342 e. The predicted molar refractivity (Wildman–Crippen MR) is 143 cm³/mol. The van der Waals surface area contributed by atoms with Crippen molar-refractivity contribution in [2.45, 2.75) is 33.9 Å². The minimum atomic E-state index is -3.76. The summed E-state index contributed by atoms with van der Waals surface area (Å²) in [5, 5.41) is 14.0. The van der Waals surface area contributed by atoms with Crippen molar-refractivity contribution >= 4 is 62.2 Å². The van der Waals surface area contributed by atoms with E-state index in [-0.39, 0.29) is 10.6 Å².